The lowest BCUT2D eigenvalue weighted by Crippen LogP contribution is -2.02. The van der Waals surface area contributed by atoms with Crippen molar-refractivity contribution in [2.45, 2.75) is 36.2 Å². The zero-order chi connectivity index (χ0) is 13.9. The van der Waals surface area contributed by atoms with Crippen molar-refractivity contribution >= 4 is 23.4 Å². The first-order chi connectivity index (χ1) is 9.79. The Morgan fingerprint density at radius 3 is 2.85 bits per heavy atom. The Bertz CT molecular complexity index is 619. The van der Waals surface area contributed by atoms with Gasteiger partial charge in [-0.2, -0.15) is 0 Å². The molecule has 1 aliphatic rings. The average molecular weight is 306 g/mol. The Labute approximate surface area is 128 Å². The highest BCUT2D eigenvalue weighted by Gasteiger charge is 2.30. The van der Waals surface area contributed by atoms with E-state index in [1.54, 1.807) is 11.8 Å². The molecule has 104 valence electrons. The summed E-state index contributed by atoms with van der Waals surface area (Å²) in [6, 6.07) is 7.92. The Hall–Kier alpha value is -1.26. The molecule has 1 heterocycles. The molecule has 20 heavy (non-hydrogen) atoms. The van der Waals surface area contributed by atoms with E-state index in [-0.39, 0.29) is 0 Å². The van der Waals surface area contributed by atoms with Crippen molar-refractivity contribution in [1.29, 1.82) is 0 Å². The van der Waals surface area contributed by atoms with Gasteiger partial charge in [-0.3, -0.25) is 0 Å². The van der Waals surface area contributed by atoms with Crippen LogP contribution in [0.25, 0.3) is 0 Å². The van der Waals surface area contributed by atoms with Gasteiger partial charge in [-0.05, 0) is 24.5 Å². The summed E-state index contributed by atoms with van der Waals surface area (Å²) in [6.07, 6.45) is 4.35. The van der Waals surface area contributed by atoms with Gasteiger partial charge in [0, 0.05) is 23.2 Å². The molecule has 1 fully saturated rings. The predicted molar refractivity (Wildman–Crippen MR) is 83.2 cm³/mol. The number of thioether (sulfide) groups is 1. The van der Waals surface area contributed by atoms with Gasteiger partial charge >= 0.3 is 0 Å². The minimum absolute atomic E-state index is 0.595. The van der Waals surface area contributed by atoms with E-state index in [0.29, 0.717) is 5.92 Å². The van der Waals surface area contributed by atoms with E-state index < -0.39 is 0 Å². The maximum Gasteiger partial charge on any atom is 0.191 e. The number of allylic oxidation sites excluding steroid dienone is 1. The maximum absolute atomic E-state index is 6.18. The first-order valence-electron chi connectivity index (χ1n) is 6.70. The number of hydrogen-bond donors (Lipinski definition) is 0. The van der Waals surface area contributed by atoms with Crippen LogP contribution in [0.2, 0.25) is 5.02 Å². The number of aromatic nitrogens is 3. The van der Waals surface area contributed by atoms with Crippen molar-refractivity contribution in [1.82, 2.24) is 14.8 Å². The van der Waals surface area contributed by atoms with Crippen molar-refractivity contribution in [2.75, 3.05) is 0 Å². The Balaban J connectivity index is 1.77. The van der Waals surface area contributed by atoms with Crippen LogP contribution in [-0.2, 0) is 12.3 Å². The molecule has 1 saturated carbocycles. The van der Waals surface area contributed by atoms with Crippen LogP contribution in [0.5, 0.6) is 0 Å². The van der Waals surface area contributed by atoms with Gasteiger partial charge in [0.2, 0.25) is 0 Å². The van der Waals surface area contributed by atoms with Crippen LogP contribution in [0.1, 0.15) is 30.1 Å². The molecule has 5 heteroatoms. The molecule has 0 spiro atoms. The van der Waals surface area contributed by atoms with Gasteiger partial charge < -0.3 is 4.57 Å². The van der Waals surface area contributed by atoms with Gasteiger partial charge in [0.15, 0.2) is 5.16 Å². The molecule has 3 rings (SSSR count). The summed E-state index contributed by atoms with van der Waals surface area (Å²) in [5.74, 6) is 2.50. The number of nitrogens with zero attached hydrogens (tertiary/aromatic N) is 3. The summed E-state index contributed by atoms with van der Waals surface area (Å²) in [5, 5.41) is 10.4. The average Bonchev–Trinajstić information content (AvgIpc) is 3.22. The smallest absolute Gasteiger partial charge is 0.191 e. The molecular formula is C15H16ClN3S. The summed E-state index contributed by atoms with van der Waals surface area (Å²) >= 11 is 7.86. The Morgan fingerprint density at radius 2 is 2.15 bits per heavy atom. The monoisotopic (exact) mass is 305 g/mol. The van der Waals surface area contributed by atoms with Gasteiger partial charge in [0.05, 0.1) is 0 Å². The molecule has 1 aromatic heterocycles. The van der Waals surface area contributed by atoms with E-state index in [9.17, 15) is 0 Å². The molecule has 1 aliphatic carbocycles. The van der Waals surface area contributed by atoms with E-state index in [0.717, 1.165) is 33.9 Å². The Kier molecular flexibility index (Phi) is 4.13. The third-order valence-electron chi connectivity index (χ3n) is 3.31. The topological polar surface area (TPSA) is 30.7 Å². The van der Waals surface area contributed by atoms with Gasteiger partial charge in [-0.1, -0.05) is 47.6 Å². The molecule has 0 aliphatic heterocycles. The highest BCUT2D eigenvalue weighted by molar-refractivity contribution is 7.98. The van der Waals surface area contributed by atoms with Crippen molar-refractivity contribution in [3.05, 3.63) is 53.3 Å². The SMILES string of the molecule is C=CCn1c(SCc2ccccc2Cl)nnc1C1CC1. The first kappa shape index (κ1) is 13.7. The van der Waals surface area contributed by atoms with Crippen molar-refractivity contribution in [3.63, 3.8) is 0 Å². The fraction of sp³-hybridized carbons (Fsp3) is 0.333. The fourth-order valence-electron chi connectivity index (χ4n) is 2.11. The van der Waals surface area contributed by atoms with E-state index in [1.807, 2.05) is 30.3 Å². The third kappa shape index (κ3) is 2.91. The second-order valence-corrected chi connectivity index (χ2v) is 6.24. The Morgan fingerprint density at radius 1 is 1.35 bits per heavy atom. The lowest BCUT2D eigenvalue weighted by atomic mass is 10.2. The minimum Gasteiger partial charge on any atom is -0.302 e. The zero-order valence-corrected chi connectivity index (χ0v) is 12.7. The third-order valence-corrected chi connectivity index (χ3v) is 4.70. The molecule has 1 aromatic carbocycles. The van der Waals surface area contributed by atoms with Crippen LogP contribution in [0.4, 0.5) is 0 Å². The molecule has 0 radical (unpaired) electrons. The molecule has 3 nitrogen and oxygen atoms in total. The number of halogens is 1. The van der Waals surface area contributed by atoms with Crippen LogP contribution in [-0.4, -0.2) is 14.8 Å². The van der Waals surface area contributed by atoms with Crippen LogP contribution in [0.15, 0.2) is 42.1 Å². The van der Waals surface area contributed by atoms with Crippen LogP contribution >= 0.6 is 23.4 Å². The summed E-state index contributed by atoms with van der Waals surface area (Å²) < 4.78 is 2.17. The molecule has 0 amide bonds. The van der Waals surface area contributed by atoms with E-state index in [1.165, 1.54) is 12.8 Å². The largest absolute Gasteiger partial charge is 0.302 e. The molecule has 0 atom stereocenters. The van der Waals surface area contributed by atoms with Crippen molar-refractivity contribution in [3.8, 4) is 0 Å². The summed E-state index contributed by atoms with van der Waals surface area (Å²) in [4.78, 5) is 0. The van der Waals surface area contributed by atoms with E-state index >= 15 is 0 Å². The van der Waals surface area contributed by atoms with Crippen LogP contribution in [0.3, 0.4) is 0 Å². The molecular weight excluding hydrogens is 290 g/mol. The second kappa shape index (κ2) is 6.02. The van der Waals surface area contributed by atoms with E-state index in [4.69, 9.17) is 11.6 Å². The maximum atomic E-state index is 6.18. The number of hydrogen-bond acceptors (Lipinski definition) is 3. The zero-order valence-electron chi connectivity index (χ0n) is 11.1. The van der Waals surface area contributed by atoms with Crippen LogP contribution < -0.4 is 0 Å². The van der Waals surface area contributed by atoms with Gasteiger partial charge in [-0.25, -0.2) is 0 Å². The lowest BCUT2D eigenvalue weighted by Gasteiger charge is -2.07. The van der Waals surface area contributed by atoms with Crippen molar-refractivity contribution < 1.29 is 0 Å². The second-order valence-electron chi connectivity index (χ2n) is 4.89. The summed E-state index contributed by atoms with van der Waals surface area (Å²) in [5.41, 5.74) is 1.13. The standard InChI is InChI=1S/C15H16ClN3S/c1-2-9-19-14(11-7-8-11)17-18-15(19)20-10-12-5-3-4-6-13(12)16/h2-6,11H,1,7-10H2. The molecule has 0 N–H and O–H groups in total. The lowest BCUT2D eigenvalue weighted by molar-refractivity contribution is 0.681. The molecule has 0 unspecified atom stereocenters. The van der Waals surface area contributed by atoms with Gasteiger partial charge in [0.25, 0.3) is 0 Å². The van der Waals surface area contributed by atoms with Crippen LogP contribution in [0, 0.1) is 0 Å². The highest BCUT2D eigenvalue weighted by atomic mass is 35.5. The predicted octanol–water partition coefficient (Wildman–Crippen LogP) is 4.29. The highest BCUT2D eigenvalue weighted by Crippen LogP contribution is 2.40. The number of rotatable bonds is 6. The quantitative estimate of drug-likeness (QED) is 0.589. The number of benzene rings is 1. The first-order valence-corrected chi connectivity index (χ1v) is 8.06. The van der Waals surface area contributed by atoms with E-state index in [2.05, 4.69) is 21.3 Å². The minimum atomic E-state index is 0.595. The molecule has 0 bridgehead atoms. The van der Waals surface area contributed by atoms with Gasteiger partial charge in [-0.15, -0.1) is 16.8 Å². The molecule has 0 saturated heterocycles. The fourth-order valence-corrected chi connectivity index (χ4v) is 3.35. The van der Waals surface area contributed by atoms with Crippen molar-refractivity contribution in [2.24, 2.45) is 0 Å². The normalized spacial score (nSPS) is 14.4. The van der Waals surface area contributed by atoms with Gasteiger partial charge in [0.1, 0.15) is 5.82 Å². The molecule has 2 aromatic rings. The summed E-state index contributed by atoms with van der Waals surface area (Å²) in [6.45, 7) is 4.59. The summed E-state index contributed by atoms with van der Waals surface area (Å²) in [7, 11) is 0.